The first-order valence-corrected chi connectivity index (χ1v) is 17.1. The minimum atomic E-state index is -0.529. The Morgan fingerprint density at radius 3 is 2.07 bits per heavy atom. The van der Waals surface area contributed by atoms with Crippen LogP contribution in [0.15, 0.2) is 48.5 Å². The van der Waals surface area contributed by atoms with Gasteiger partial charge in [0.15, 0.2) is 12.1 Å². The summed E-state index contributed by atoms with van der Waals surface area (Å²) < 4.78 is 25.0. The van der Waals surface area contributed by atoms with Crippen LogP contribution in [0, 0.1) is 17.8 Å². The highest BCUT2D eigenvalue weighted by atomic mass is 16.7. The van der Waals surface area contributed by atoms with Gasteiger partial charge in [0.25, 0.3) is 0 Å². The quantitative estimate of drug-likeness (QED) is 0.369. The molecule has 4 saturated carbocycles. The Morgan fingerprint density at radius 1 is 0.822 bits per heavy atom. The standard InChI is InChI=1S/C36H47N3O6/c40-23-24-1-3-28(4-2-24)32-18-31(22-39-11-9-36(10-12-39)42-13-14-43-36)44-33(45-32)29-5-7-30(8-6-29)37-34(41)38-35-19-25-15-26(20-35)17-27(16-25)21-35/h1-8,25-27,31-33,40H,9-23H2,(H2,37,38,41)/t25?,26?,27?,31-,32+,33+,35?/m0/s1. The minimum absolute atomic E-state index is 0.0188. The topological polar surface area (TPSA) is 102 Å². The number of hydrogen-bond acceptors (Lipinski definition) is 7. The SMILES string of the molecule is O=C(Nc1ccc([C@@H]2O[C@H](CN3CCC4(CC3)OCCO4)C[C@H](c3ccc(CO)cc3)O2)cc1)NC12CC3CC(CC(C3)C1)C2. The Balaban J connectivity index is 0.927. The number of urea groups is 1. The van der Waals surface area contributed by atoms with Crippen LogP contribution in [0.25, 0.3) is 0 Å². The number of carbonyl (C=O) groups is 1. The van der Waals surface area contributed by atoms with Gasteiger partial charge in [-0.1, -0.05) is 36.4 Å². The Bertz CT molecular complexity index is 1300. The van der Waals surface area contributed by atoms with Crippen molar-refractivity contribution in [3.8, 4) is 0 Å². The van der Waals surface area contributed by atoms with Gasteiger partial charge in [0, 0.05) is 55.7 Å². The van der Waals surface area contributed by atoms with Gasteiger partial charge in [0.2, 0.25) is 0 Å². The van der Waals surface area contributed by atoms with Crippen LogP contribution in [0.4, 0.5) is 10.5 Å². The third-order valence-electron chi connectivity index (χ3n) is 11.4. The van der Waals surface area contributed by atoms with E-state index in [9.17, 15) is 9.90 Å². The van der Waals surface area contributed by atoms with E-state index in [1.807, 2.05) is 48.5 Å². The van der Waals surface area contributed by atoms with E-state index in [0.717, 1.165) is 98.3 Å². The lowest BCUT2D eigenvalue weighted by Gasteiger charge is -2.56. The normalized spacial score (nSPS) is 35.5. The highest BCUT2D eigenvalue weighted by molar-refractivity contribution is 5.89. The molecule has 4 bridgehead atoms. The zero-order valence-corrected chi connectivity index (χ0v) is 26.1. The molecule has 7 fully saturated rings. The Labute approximate surface area is 265 Å². The van der Waals surface area contributed by atoms with Gasteiger partial charge in [-0.15, -0.1) is 0 Å². The number of benzene rings is 2. The maximum atomic E-state index is 13.1. The van der Waals surface area contributed by atoms with Crippen LogP contribution < -0.4 is 10.6 Å². The predicted octanol–water partition coefficient (Wildman–Crippen LogP) is 5.65. The highest BCUT2D eigenvalue weighted by Gasteiger charge is 2.51. The molecule has 3 saturated heterocycles. The summed E-state index contributed by atoms with van der Waals surface area (Å²) in [5.41, 5.74) is 3.63. The lowest BCUT2D eigenvalue weighted by atomic mass is 9.53. The first kappa shape index (κ1) is 29.8. The second kappa shape index (κ2) is 12.2. The number of anilines is 1. The lowest BCUT2D eigenvalue weighted by molar-refractivity contribution is -0.255. The highest BCUT2D eigenvalue weighted by Crippen LogP contribution is 2.55. The molecular formula is C36H47N3O6. The van der Waals surface area contributed by atoms with E-state index in [1.165, 1.54) is 19.3 Å². The van der Waals surface area contributed by atoms with Gasteiger partial charge in [0.1, 0.15) is 0 Å². The van der Waals surface area contributed by atoms with Crippen LogP contribution in [0.2, 0.25) is 0 Å². The van der Waals surface area contributed by atoms with Crippen LogP contribution in [-0.4, -0.2) is 66.3 Å². The van der Waals surface area contributed by atoms with Gasteiger partial charge in [-0.3, -0.25) is 0 Å². The smallest absolute Gasteiger partial charge is 0.319 e. The van der Waals surface area contributed by atoms with Crippen molar-refractivity contribution in [1.82, 2.24) is 10.2 Å². The number of nitrogens with zero attached hydrogens (tertiary/aromatic N) is 1. The number of carbonyl (C=O) groups excluding carboxylic acids is 1. The molecule has 3 aliphatic heterocycles. The molecule has 2 aromatic carbocycles. The molecule has 2 amide bonds. The zero-order chi connectivity index (χ0) is 30.4. The van der Waals surface area contributed by atoms with E-state index in [-0.39, 0.29) is 30.4 Å². The fourth-order valence-electron chi connectivity index (χ4n) is 9.57. The van der Waals surface area contributed by atoms with Crippen molar-refractivity contribution in [2.75, 3.05) is 38.2 Å². The second-order valence-electron chi connectivity index (χ2n) is 14.7. The number of aliphatic hydroxyl groups is 1. The molecule has 45 heavy (non-hydrogen) atoms. The van der Waals surface area contributed by atoms with Gasteiger partial charge >= 0.3 is 6.03 Å². The van der Waals surface area contributed by atoms with Gasteiger partial charge in [-0.2, -0.15) is 0 Å². The van der Waals surface area contributed by atoms with Crippen molar-refractivity contribution in [3.05, 3.63) is 65.2 Å². The number of piperidine rings is 1. The Kier molecular flexibility index (Phi) is 8.12. The molecule has 7 aliphatic rings. The van der Waals surface area contributed by atoms with Crippen molar-refractivity contribution in [2.45, 2.75) is 94.2 Å². The number of ether oxygens (including phenoxy) is 4. The number of rotatable bonds is 7. The fraction of sp³-hybridized carbons (Fsp3) is 0.639. The first-order chi connectivity index (χ1) is 21.9. The monoisotopic (exact) mass is 617 g/mol. The summed E-state index contributed by atoms with van der Waals surface area (Å²) in [6.45, 7) is 4.02. The molecule has 0 aromatic heterocycles. The third-order valence-corrected chi connectivity index (χ3v) is 11.4. The Hall–Kier alpha value is -2.53. The Morgan fingerprint density at radius 2 is 1.44 bits per heavy atom. The van der Waals surface area contributed by atoms with Crippen molar-refractivity contribution >= 4 is 11.7 Å². The predicted molar refractivity (Wildman–Crippen MR) is 168 cm³/mol. The summed E-state index contributed by atoms with van der Waals surface area (Å²) >= 11 is 0. The van der Waals surface area contributed by atoms with Gasteiger partial charge < -0.3 is 39.6 Å². The van der Waals surface area contributed by atoms with E-state index in [2.05, 4.69) is 15.5 Å². The van der Waals surface area contributed by atoms with Crippen LogP contribution in [-0.2, 0) is 25.6 Å². The summed E-state index contributed by atoms with van der Waals surface area (Å²) in [4.78, 5) is 15.6. The van der Waals surface area contributed by atoms with Crippen molar-refractivity contribution in [2.24, 2.45) is 17.8 Å². The average molecular weight is 618 g/mol. The van der Waals surface area contributed by atoms with Crippen LogP contribution in [0.5, 0.6) is 0 Å². The molecule has 9 nitrogen and oxygen atoms in total. The second-order valence-corrected chi connectivity index (χ2v) is 14.7. The van der Waals surface area contributed by atoms with Gasteiger partial charge in [-0.05, 0) is 79.5 Å². The number of amides is 2. The van der Waals surface area contributed by atoms with Gasteiger partial charge in [0.05, 0.1) is 32.0 Å². The van der Waals surface area contributed by atoms with Crippen LogP contribution >= 0.6 is 0 Å². The molecule has 0 radical (unpaired) electrons. The number of likely N-dealkylation sites (tertiary alicyclic amines) is 1. The summed E-state index contributed by atoms with van der Waals surface area (Å²) in [5, 5.41) is 16.0. The molecule has 0 unspecified atom stereocenters. The maximum absolute atomic E-state index is 13.1. The molecule has 2 aromatic rings. The molecule has 9 heteroatoms. The number of hydrogen-bond donors (Lipinski definition) is 3. The summed E-state index contributed by atoms with van der Waals surface area (Å²) in [6, 6.07) is 15.8. The van der Waals surface area contributed by atoms with E-state index in [1.54, 1.807) is 0 Å². The molecule has 3 N–H and O–H groups in total. The zero-order valence-electron chi connectivity index (χ0n) is 26.1. The summed E-state index contributed by atoms with van der Waals surface area (Å²) in [7, 11) is 0. The molecule has 4 aliphatic carbocycles. The molecule has 242 valence electrons. The van der Waals surface area contributed by atoms with Crippen molar-refractivity contribution in [1.29, 1.82) is 0 Å². The minimum Gasteiger partial charge on any atom is -0.392 e. The van der Waals surface area contributed by atoms with Crippen LogP contribution in [0.3, 0.4) is 0 Å². The van der Waals surface area contributed by atoms with E-state index in [0.29, 0.717) is 13.2 Å². The molecule has 1 spiro atoms. The number of aliphatic hydroxyl groups excluding tert-OH is 1. The van der Waals surface area contributed by atoms with Crippen molar-refractivity contribution in [3.63, 3.8) is 0 Å². The summed E-state index contributed by atoms with van der Waals surface area (Å²) in [5.74, 6) is 1.96. The van der Waals surface area contributed by atoms with Gasteiger partial charge in [-0.25, -0.2) is 4.79 Å². The number of nitrogens with one attached hydrogen (secondary N) is 2. The average Bonchev–Trinajstić information content (AvgIpc) is 3.49. The lowest BCUT2D eigenvalue weighted by Crippen LogP contribution is -2.60. The first-order valence-electron chi connectivity index (χ1n) is 17.1. The van der Waals surface area contributed by atoms with E-state index >= 15 is 0 Å². The third kappa shape index (κ3) is 6.40. The van der Waals surface area contributed by atoms with Crippen molar-refractivity contribution < 1.29 is 28.8 Å². The van der Waals surface area contributed by atoms with E-state index in [4.69, 9.17) is 18.9 Å². The fourth-order valence-corrected chi connectivity index (χ4v) is 9.57. The molecule has 3 atom stereocenters. The summed E-state index contributed by atoms with van der Waals surface area (Å²) in [6.07, 6.45) is 9.26. The molecular weight excluding hydrogens is 570 g/mol. The molecule has 9 rings (SSSR count). The van der Waals surface area contributed by atoms with E-state index < -0.39 is 12.1 Å². The largest absolute Gasteiger partial charge is 0.392 e. The molecule has 3 heterocycles. The maximum Gasteiger partial charge on any atom is 0.319 e. The van der Waals surface area contributed by atoms with Crippen LogP contribution in [0.1, 0.15) is 86.9 Å².